The quantitative estimate of drug-likeness (QED) is 0.282. The molecule has 0 aromatic heterocycles. The normalized spacial score (nSPS) is 16.1. The number of anilines is 2. The van der Waals surface area contributed by atoms with E-state index in [2.05, 4.69) is 10.6 Å². The Morgan fingerprint density at radius 2 is 1.33 bits per heavy atom. The highest BCUT2D eigenvalue weighted by Crippen LogP contribution is 2.25. The van der Waals surface area contributed by atoms with Gasteiger partial charge in [0.25, 0.3) is 0 Å². The molecule has 0 bridgehead atoms. The molecule has 10 heteroatoms. The number of hydrogen-bond donors (Lipinski definition) is 4. The highest BCUT2D eigenvalue weighted by atomic mass is 16.6. The van der Waals surface area contributed by atoms with Crippen molar-refractivity contribution in [3.8, 4) is 0 Å². The second-order valence-corrected chi connectivity index (χ2v) is 8.91. The van der Waals surface area contributed by atoms with E-state index in [-0.39, 0.29) is 0 Å². The molecule has 0 saturated heterocycles. The number of benzene rings is 2. The Labute approximate surface area is 208 Å². The lowest BCUT2D eigenvalue weighted by Crippen LogP contribution is -2.39. The Kier molecular flexibility index (Phi) is 8.42. The number of aliphatic hydroxyl groups excluding tert-OH is 2. The van der Waals surface area contributed by atoms with E-state index in [4.69, 9.17) is 14.2 Å². The Hall–Kier alpha value is -4.21. The smallest absolute Gasteiger partial charge is 0.412 e. The number of esters is 1. The predicted octanol–water partition coefficient (Wildman–Crippen LogP) is 5.35. The number of carbonyl (C=O) groups is 3. The molecule has 1 aliphatic rings. The van der Waals surface area contributed by atoms with E-state index >= 15 is 0 Å². The van der Waals surface area contributed by atoms with Gasteiger partial charge in [0.1, 0.15) is 6.61 Å². The van der Waals surface area contributed by atoms with Crippen LogP contribution in [0.4, 0.5) is 21.0 Å². The number of aliphatic hydroxyl groups is 2. The molecule has 0 saturated carbocycles. The maximum Gasteiger partial charge on any atom is 0.412 e. The second-order valence-electron chi connectivity index (χ2n) is 8.91. The molecular weight excluding hydrogens is 468 g/mol. The summed E-state index contributed by atoms with van der Waals surface area (Å²) >= 11 is 0. The molecule has 0 spiro atoms. The molecular formula is C26H30N2O8. The highest BCUT2D eigenvalue weighted by Gasteiger charge is 2.42. The minimum atomic E-state index is -1.55. The SMILES string of the molecule is CC(C)c1ccc(NC(=O)OCC(OC(=O)Nc2ccc(C(C)C)cc2)C2OC(=O)C(O)=C2O)cc1. The van der Waals surface area contributed by atoms with E-state index in [1.54, 1.807) is 24.3 Å². The van der Waals surface area contributed by atoms with Gasteiger partial charge in [-0.1, -0.05) is 52.0 Å². The number of carbonyl (C=O) groups excluding carboxylic acids is 3. The van der Waals surface area contributed by atoms with Crippen molar-refractivity contribution in [2.75, 3.05) is 17.2 Å². The van der Waals surface area contributed by atoms with Gasteiger partial charge in [-0.05, 0) is 47.2 Å². The minimum absolute atomic E-state index is 0.311. The predicted molar refractivity (Wildman–Crippen MR) is 132 cm³/mol. The number of nitrogens with one attached hydrogen (secondary N) is 2. The topological polar surface area (TPSA) is 143 Å². The lowest BCUT2D eigenvalue weighted by molar-refractivity contribution is -0.147. The third-order valence-electron chi connectivity index (χ3n) is 5.56. The zero-order chi connectivity index (χ0) is 26.4. The van der Waals surface area contributed by atoms with E-state index in [1.165, 1.54) is 0 Å². The second kappa shape index (κ2) is 11.5. The highest BCUT2D eigenvalue weighted by molar-refractivity contribution is 5.89. The largest absolute Gasteiger partial charge is 0.505 e. The van der Waals surface area contributed by atoms with Gasteiger partial charge < -0.3 is 24.4 Å². The first-order valence-electron chi connectivity index (χ1n) is 11.5. The van der Waals surface area contributed by atoms with Gasteiger partial charge in [0.2, 0.25) is 11.9 Å². The fraction of sp³-hybridized carbons (Fsp3) is 0.346. The summed E-state index contributed by atoms with van der Waals surface area (Å²) in [6.07, 6.45) is -4.80. The van der Waals surface area contributed by atoms with Crippen LogP contribution in [0.3, 0.4) is 0 Å². The number of ether oxygens (including phenoxy) is 3. The first kappa shape index (κ1) is 26.4. The van der Waals surface area contributed by atoms with Crippen LogP contribution in [0.2, 0.25) is 0 Å². The van der Waals surface area contributed by atoms with E-state index in [9.17, 15) is 24.6 Å². The molecule has 3 rings (SSSR count). The van der Waals surface area contributed by atoms with E-state index in [0.29, 0.717) is 23.2 Å². The van der Waals surface area contributed by atoms with Gasteiger partial charge in [-0.3, -0.25) is 10.6 Å². The molecule has 0 fully saturated rings. The number of amides is 2. The molecule has 10 nitrogen and oxygen atoms in total. The van der Waals surface area contributed by atoms with Crippen molar-refractivity contribution in [1.29, 1.82) is 0 Å². The van der Waals surface area contributed by atoms with Gasteiger partial charge in [0.05, 0.1) is 0 Å². The summed E-state index contributed by atoms with van der Waals surface area (Å²) in [5.41, 5.74) is 3.10. The molecule has 2 aromatic rings. The number of hydrogen-bond acceptors (Lipinski definition) is 8. The van der Waals surface area contributed by atoms with Crippen LogP contribution in [0.1, 0.15) is 50.7 Å². The molecule has 36 heavy (non-hydrogen) atoms. The molecule has 192 valence electrons. The zero-order valence-electron chi connectivity index (χ0n) is 20.5. The maximum absolute atomic E-state index is 12.5. The third kappa shape index (κ3) is 6.68. The maximum atomic E-state index is 12.5. The van der Waals surface area contributed by atoms with Crippen molar-refractivity contribution in [2.45, 2.75) is 51.7 Å². The summed E-state index contributed by atoms with van der Waals surface area (Å²) in [7, 11) is 0. The molecule has 2 amide bonds. The lowest BCUT2D eigenvalue weighted by atomic mass is 10.0. The number of cyclic esters (lactones) is 1. The molecule has 2 atom stereocenters. The molecule has 2 unspecified atom stereocenters. The van der Waals surface area contributed by atoms with Crippen molar-refractivity contribution >= 4 is 29.5 Å². The molecule has 1 heterocycles. The van der Waals surface area contributed by atoms with Crippen LogP contribution in [0.25, 0.3) is 0 Å². The van der Waals surface area contributed by atoms with E-state index in [0.717, 1.165) is 11.1 Å². The van der Waals surface area contributed by atoms with Crippen LogP contribution >= 0.6 is 0 Å². The summed E-state index contributed by atoms with van der Waals surface area (Å²) in [6, 6.07) is 14.3. The first-order valence-corrected chi connectivity index (χ1v) is 11.5. The fourth-order valence-electron chi connectivity index (χ4n) is 3.40. The van der Waals surface area contributed by atoms with E-state index in [1.807, 2.05) is 52.0 Å². The third-order valence-corrected chi connectivity index (χ3v) is 5.56. The minimum Gasteiger partial charge on any atom is -0.505 e. The monoisotopic (exact) mass is 498 g/mol. The van der Waals surface area contributed by atoms with Crippen molar-refractivity contribution < 1.29 is 38.8 Å². The molecule has 0 radical (unpaired) electrons. The summed E-state index contributed by atoms with van der Waals surface area (Å²) in [6.45, 7) is 7.59. The standard InChI is InChI=1S/C26H30N2O8/c1-14(2)16-5-9-18(10-6-16)27-25(32)34-13-20(23-21(29)22(30)24(31)36-23)35-26(33)28-19-11-7-17(8-12-19)15(3)4/h5-12,14-15,20,23,29-30H,13H2,1-4H3,(H,27,32)(H,28,33). The van der Waals surface area contributed by atoms with E-state index < -0.39 is 48.5 Å². The molecule has 2 aromatic carbocycles. The average Bonchev–Trinajstić information content (AvgIpc) is 3.09. The van der Waals surface area contributed by atoms with Crippen molar-refractivity contribution in [3.05, 3.63) is 71.2 Å². The van der Waals surface area contributed by atoms with Crippen LogP contribution in [0, 0.1) is 0 Å². The summed E-state index contributed by atoms with van der Waals surface area (Å²) in [4.78, 5) is 36.5. The van der Waals surface area contributed by atoms with Gasteiger partial charge in [-0.15, -0.1) is 0 Å². The van der Waals surface area contributed by atoms with Gasteiger partial charge >= 0.3 is 18.2 Å². The molecule has 0 aliphatic carbocycles. The van der Waals surface area contributed by atoms with Crippen LogP contribution in [0.15, 0.2) is 60.0 Å². The van der Waals surface area contributed by atoms with Crippen LogP contribution in [-0.4, -0.2) is 47.2 Å². The first-order chi connectivity index (χ1) is 17.0. The van der Waals surface area contributed by atoms with Gasteiger partial charge in [0, 0.05) is 11.4 Å². The summed E-state index contributed by atoms with van der Waals surface area (Å²) < 4.78 is 15.3. The average molecular weight is 499 g/mol. The van der Waals surface area contributed by atoms with Crippen LogP contribution < -0.4 is 10.6 Å². The Morgan fingerprint density at radius 1 is 0.861 bits per heavy atom. The Bertz CT molecular complexity index is 1120. The summed E-state index contributed by atoms with van der Waals surface area (Å²) in [5, 5.41) is 24.8. The molecule has 4 N–H and O–H groups in total. The van der Waals surface area contributed by atoms with Crippen LogP contribution in [0.5, 0.6) is 0 Å². The van der Waals surface area contributed by atoms with Crippen molar-refractivity contribution in [1.82, 2.24) is 0 Å². The fourth-order valence-corrected chi connectivity index (χ4v) is 3.40. The van der Waals surface area contributed by atoms with Gasteiger partial charge in [-0.2, -0.15) is 0 Å². The van der Waals surface area contributed by atoms with Crippen molar-refractivity contribution in [3.63, 3.8) is 0 Å². The molecule has 1 aliphatic heterocycles. The van der Waals surface area contributed by atoms with Crippen LogP contribution in [-0.2, 0) is 19.0 Å². The zero-order valence-corrected chi connectivity index (χ0v) is 20.5. The van der Waals surface area contributed by atoms with Crippen molar-refractivity contribution in [2.24, 2.45) is 0 Å². The van der Waals surface area contributed by atoms with Gasteiger partial charge in [-0.25, -0.2) is 14.4 Å². The lowest BCUT2D eigenvalue weighted by Gasteiger charge is -2.23. The summed E-state index contributed by atoms with van der Waals surface area (Å²) in [5.74, 6) is -2.38. The Balaban J connectivity index is 1.65. The number of rotatable bonds is 8. The van der Waals surface area contributed by atoms with Gasteiger partial charge in [0.15, 0.2) is 11.9 Å². The Morgan fingerprint density at radius 3 is 1.75 bits per heavy atom.